The maximum atomic E-state index is 10.6. The first kappa shape index (κ1) is 11.7. The lowest BCUT2D eigenvalue weighted by molar-refractivity contribution is -0.136. The van der Waals surface area contributed by atoms with Crippen molar-refractivity contribution < 1.29 is 15.0 Å². The molecule has 3 heteroatoms. The number of rotatable bonds is 4. The van der Waals surface area contributed by atoms with Crippen LogP contribution in [0.3, 0.4) is 0 Å². The van der Waals surface area contributed by atoms with Crippen molar-refractivity contribution in [3.63, 3.8) is 0 Å². The van der Waals surface area contributed by atoms with Crippen molar-refractivity contribution in [3.05, 3.63) is 35.4 Å². The van der Waals surface area contributed by atoms with E-state index in [9.17, 15) is 9.90 Å². The number of benzene rings is 1. The van der Waals surface area contributed by atoms with Crippen LogP contribution < -0.4 is 0 Å². The molecule has 15 heavy (non-hydrogen) atoms. The Bertz CT molecular complexity index is 344. The highest BCUT2D eigenvalue weighted by Crippen LogP contribution is 2.24. The summed E-state index contributed by atoms with van der Waals surface area (Å²) in [5.41, 5.74) is 1.40. The van der Waals surface area contributed by atoms with Gasteiger partial charge in [-0.05, 0) is 17.0 Å². The van der Waals surface area contributed by atoms with Gasteiger partial charge in [0.1, 0.15) is 0 Å². The number of carboxylic acid groups (broad SMARTS) is 1. The van der Waals surface area contributed by atoms with E-state index in [1.807, 2.05) is 19.9 Å². The van der Waals surface area contributed by atoms with Crippen molar-refractivity contribution in [1.82, 2.24) is 0 Å². The molecule has 0 saturated carbocycles. The Labute approximate surface area is 89.4 Å². The zero-order chi connectivity index (χ0) is 11.4. The van der Waals surface area contributed by atoms with Crippen molar-refractivity contribution >= 4 is 5.97 Å². The van der Waals surface area contributed by atoms with Crippen LogP contribution in [0.4, 0.5) is 0 Å². The van der Waals surface area contributed by atoms with Crippen LogP contribution >= 0.6 is 0 Å². The van der Waals surface area contributed by atoms with Crippen molar-refractivity contribution in [2.45, 2.75) is 26.4 Å². The van der Waals surface area contributed by atoms with Gasteiger partial charge >= 0.3 is 5.97 Å². The predicted octanol–water partition coefficient (Wildman–Crippen LogP) is 2.00. The number of carboxylic acids is 1. The summed E-state index contributed by atoms with van der Waals surface area (Å²) in [6, 6.07) is 7.12. The lowest BCUT2D eigenvalue weighted by Gasteiger charge is -2.17. The van der Waals surface area contributed by atoms with Gasteiger partial charge in [0.25, 0.3) is 0 Å². The first-order chi connectivity index (χ1) is 7.02. The number of hydrogen-bond acceptors (Lipinski definition) is 2. The molecule has 0 aliphatic carbocycles. The summed E-state index contributed by atoms with van der Waals surface area (Å²) in [4.78, 5) is 10.6. The molecule has 2 N–H and O–H groups in total. The molecule has 0 spiro atoms. The zero-order valence-electron chi connectivity index (χ0n) is 8.97. The first-order valence-corrected chi connectivity index (χ1v) is 5.00. The molecule has 0 aliphatic heterocycles. The van der Waals surface area contributed by atoms with Crippen LogP contribution in [0.1, 0.15) is 31.1 Å². The number of aliphatic hydroxyl groups excluding tert-OH is 1. The number of carbonyl (C=O) groups is 1. The molecule has 82 valence electrons. The number of hydrogen-bond donors (Lipinski definition) is 2. The molecule has 1 atom stereocenters. The van der Waals surface area contributed by atoms with E-state index in [-0.39, 0.29) is 12.3 Å². The molecule has 0 heterocycles. The molecule has 0 saturated heterocycles. The van der Waals surface area contributed by atoms with Gasteiger partial charge in [0.2, 0.25) is 0 Å². The molecule has 0 fully saturated rings. The van der Waals surface area contributed by atoms with E-state index in [1.165, 1.54) is 0 Å². The molecule has 1 aromatic carbocycles. The van der Waals surface area contributed by atoms with Crippen LogP contribution in [0.15, 0.2) is 24.3 Å². The van der Waals surface area contributed by atoms with E-state index in [2.05, 4.69) is 0 Å². The summed E-state index contributed by atoms with van der Waals surface area (Å²) in [5.74, 6) is -0.793. The van der Waals surface area contributed by atoms with Gasteiger partial charge in [-0.25, -0.2) is 0 Å². The van der Waals surface area contributed by atoms with Gasteiger partial charge in [-0.1, -0.05) is 38.1 Å². The molecule has 3 nitrogen and oxygen atoms in total. The smallest absolute Gasteiger partial charge is 0.307 e. The average Bonchev–Trinajstić information content (AvgIpc) is 2.16. The summed E-state index contributed by atoms with van der Waals surface area (Å²) >= 11 is 0. The monoisotopic (exact) mass is 208 g/mol. The SMILES string of the molecule is CC(C)C(O)c1ccccc1CC(=O)O. The first-order valence-electron chi connectivity index (χ1n) is 5.00. The van der Waals surface area contributed by atoms with Crippen LogP contribution in [-0.2, 0) is 11.2 Å². The van der Waals surface area contributed by atoms with Gasteiger partial charge in [0.15, 0.2) is 0 Å². The van der Waals surface area contributed by atoms with Crippen LogP contribution in [0.2, 0.25) is 0 Å². The Morgan fingerprint density at radius 3 is 2.47 bits per heavy atom. The second kappa shape index (κ2) is 4.94. The predicted molar refractivity (Wildman–Crippen MR) is 57.6 cm³/mol. The second-order valence-electron chi connectivity index (χ2n) is 3.96. The summed E-state index contributed by atoms with van der Waals surface area (Å²) in [7, 11) is 0. The largest absolute Gasteiger partial charge is 0.481 e. The Balaban J connectivity index is 3.00. The molecule has 1 unspecified atom stereocenters. The minimum absolute atomic E-state index is 0.0417. The van der Waals surface area contributed by atoms with Crippen LogP contribution in [0.5, 0.6) is 0 Å². The highest BCUT2D eigenvalue weighted by molar-refractivity contribution is 5.70. The highest BCUT2D eigenvalue weighted by atomic mass is 16.4. The van der Waals surface area contributed by atoms with Gasteiger partial charge in [0.05, 0.1) is 12.5 Å². The van der Waals surface area contributed by atoms with Crippen molar-refractivity contribution in [1.29, 1.82) is 0 Å². The molecular weight excluding hydrogens is 192 g/mol. The second-order valence-corrected chi connectivity index (χ2v) is 3.96. The molecule has 0 amide bonds. The fourth-order valence-electron chi connectivity index (χ4n) is 1.51. The minimum Gasteiger partial charge on any atom is -0.481 e. The lowest BCUT2D eigenvalue weighted by Crippen LogP contribution is -2.11. The maximum absolute atomic E-state index is 10.6. The standard InChI is InChI=1S/C12H16O3/c1-8(2)12(15)10-6-4-3-5-9(10)7-11(13)14/h3-6,8,12,15H,7H2,1-2H3,(H,13,14). The third-order valence-electron chi connectivity index (χ3n) is 2.35. The molecule has 0 radical (unpaired) electrons. The van der Waals surface area contributed by atoms with Crippen LogP contribution in [-0.4, -0.2) is 16.2 Å². The maximum Gasteiger partial charge on any atom is 0.307 e. The molecule has 0 bridgehead atoms. The molecule has 0 aliphatic rings. The summed E-state index contributed by atoms with van der Waals surface area (Å²) in [6.07, 6.45) is -0.638. The van der Waals surface area contributed by atoms with E-state index in [1.54, 1.807) is 18.2 Å². The molecule has 0 aromatic heterocycles. The third-order valence-corrected chi connectivity index (χ3v) is 2.35. The van der Waals surface area contributed by atoms with Crippen molar-refractivity contribution in [3.8, 4) is 0 Å². The van der Waals surface area contributed by atoms with Crippen LogP contribution in [0.25, 0.3) is 0 Å². The van der Waals surface area contributed by atoms with Crippen molar-refractivity contribution in [2.24, 2.45) is 5.92 Å². The quantitative estimate of drug-likeness (QED) is 0.795. The number of aliphatic carboxylic acids is 1. The number of aliphatic hydroxyl groups is 1. The summed E-state index contributed by atoms with van der Waals surface area (Å²) in [5, 5.41) is 18.6. The van der Waals surface area contributed by atoms with E-state index >= 15 is 0 Å². The lowest BCUT2D eigenvalue weighted by atomic mass is 9.93. The summed E-state index contributed by atoms with van der Waals surface area (Å²) in [6.45, 7) is 3.81. The normalized spacial score (nSPS) is 12.8. The Morgan fingerprint density at radius 2 is 1.93 bits per heavy atom. The minimum atomic E-state index is -0.876. The molecule has 1 rings (SSSR count). The van der Waals surface area contributed by atoms with E-state index < -0.39 is 12.1 Å². The fourth-order valence-corrected chi connectivity index (χ4v) is 1.51. The van der Waals surface area contributed by atoms with E-state index in [0.717, 1.165) is 5.56 Å². The van der Waals surface area contributed by atoms with Gasteiger partial charge in [0, 0.05) is 0 Å². The van der Waals surface area contributed by atoms with E-state index in [4.69, 9.17) is 5.11 Å². The average molecular weight is 208 g/mol. The van der Waals surface area contributed by atoms with Gasteiger partial charge < -0.3 is 10.2 Å². The topological polar surface area (TPSA) is 57.5 Å². The molecule has 1 aromatic rings. The van der Waals surface area contributed by atoms with E-state index in [0.29, 0.717) is 5.56 Å². The van der Waals surface area contributed by atoms with Crippen molar-refractivity contribution in [2.75, 3.05) is 0 Å². The zero-order valence-corrected chi connectivity index (χ0v) is 8.97. The Morgan fingerprint density at radius 1 is 1.33 bits per heavy atom. The van der Waals surface area contributed by atoms with Crippen LogP contribution in [0, 0.1) is 5.92 Å². The van der Waals surface area contributed by atoms with Gasteiger partial charge in [-0.15, -0.1) is 0 Å². The van der Waals surface area contributed by atoms with Gasteiger partial charge in [-0.2, -0.15) is 0 Å². The third kappa shape index (κ3) is 3.06. The Kier molecular flexibility index (Phi) is 3.86. The summed E-state index contributed by atoms with van der Waals surface area (Å²) < 4.78 is 0. The van der Waals surface area contributed by atoms with Gasteiger partial charge in [-0.3, -0.25) is 4.79 Å². The Hall–Kier alpha value is -1.35. The highest BCUT2D eigenvalue weighted by Gasteiger charge is 2.16. The fraction of sp³-hybridized carbons (Fsp3) is 0.417. The molecular formula is C12H16O3.